The molecule has 3 aromatic heterocycles. The molecule has 3 heterocycles. The Bertz CT molecular complexity index is 1970. The van der Waals surface area contributed by atoms with E-state index in [1.165, 1.54) is 0 Å². The van der Waals surface area contributed by atoms with Crippen LogP contribution in [0.15, 0.2) is 78.0 Å². The number of nitrogens with zero attached hydrogens (tertiary/aromatic N) is 3. The molecule has 0 aliphatic rings. The van der Waals surface area contributed by atoms with Gasteiger partial charge in [-0.1, -0.05) is 24.3 Å². The monoisotopic (exact) mass is 519 g/mol. The number of H-pyrrole nitrogens is 1. The van der Waals surface area contributed by atoms with Crippen LogP contribution in [-0.2, 0) is 0 Å². The lowest BCUT2D eigenvalue weighted by atomic mass is 9.95. The van der Waals surface area contributed by atoms with Crippen molar-refractivity contribution < 1.29 is 14.6 Å². The zero-order valence-corrected chi connectivity index (χ0v) is 21.3. The number of carbonyl (C=O) groups excluding carboxylic acids is 1. The van der Waals surface area contributed by atoms with E-state index in [9.17, 15) is 14.7 Å². The van der Waals surface area contributed by atoms with Gasteiger partial charge < -0.3 is 20.6 Å². The summed E-state index contributed by atoms with van der Waals surface area (Å²) >= 11 is 0. The number of hydrogen-bond donors (Lipinski definition) is 3. The summed E-state index contributed by atoms with van der Waals surface area (Å²) in [6, 6.07) is 18.5. The fourth-order valence-corrected chi connectivity index (χ4v) is 5.01. The third kappa shape index (κ3) is 4.09. The van der Waals surface area contributed by atoms with E-state index in [0.717, 1.165) is 33.0 Å². The average Bonchev–Trinajstić information content (AvgIpc) is 3.31. The van der Waals surface area contributed by atoms with E-state index in [4.69, 9.17) is 10.5 Å². The van der Waals surface area contributed by atoms with Gasteiger partial charge in [0.05, 0.1) is 33.7 Å². The lowest BCUT2D eigenvalue weighted by Gasteiger charge is -2.15. The van der Waals surface area contributed by atoms with Crippen molar-refractivity contribution in [2.75, 3.05) is 6.61 Å². The molecule has 0 aliphatic heterocycles. The summed E-state index contributed by atoms with van der Waals surface area (Å²) < 4.78 is 7.22. The van der Waals surface area contributed by atoms with Crippen molar-refractivity contribution in [3.8, 4) is 22.6 Å². The van der Waals surface area contributed by atoms with Crippen LogP contribution in [0.5, 0.6) is 5.75 Å². The van der Waals surface area contributed by atoms with Crippen molar-refractivity contribution in [1.29, 1.82) is 0 Å². The molecular weight excluding hydrogens is 494 g/mol. The molecular formula is C30H25N5O4. The predicted octanol–water partition coefficient (Wildman–Crippen LogP) is 4.25. The van der Waals surface area contributed by atoms with Gasteiger partial charge in [0.15, 0.2) is 5.69 Å². The molecule has 3 aromatic carbocycles. The van der Waals surface area contributed by atoms with Gasteiger partial charge in [-0.2, -0.15) is 0 Å². The quantitative estimate of drug-likeness (QED) is 0.301. The Kier molecular flexibility index (Phi) is 5.85. The summed E-state index contributed by atoms with van der Waals surface area (Å²) in [5, 5.41) is 11.7. The Morgan fingerprint density at radius 1 is 1.08 bits per heavy atom. The van der Waals surface area contributed by atoms with Crippen LogP contribution >= 0.6 is 0 Å². The summed E-state index contributed by atoms with van der Waals surface area (Å²) in [5.74, 6) is -0.0746. The summed E-state index contributed by atoms with van der Waals surface area (Å²) in [6.45, 7) is 3.74. The lowest BCUT2D eigenvalue weighted by Crippen LogP contribution is -2.19. The summed E-state index contributed by atoms with van der Waals surface area (Å²) in [6.07, 6.45) is 2.57. The number of aromatic amines is 1. The second-order valence-corrected chi connectivity index (χ2v) is 9.51. The Balaban J connectivity index is 1.57. The van der Waals surface area contributed by atoms with Crippen molar-refractivity contribution in [3.05, 3.63) is 94.8 Å². The summed E-state index contributed by atoms with van der Waals surface area (Å²) in [5.41, 5.74) is 10.7. The summed E-state index contributed by atoms with van der Waals surface area (Å²) in [7, 11) is 0. The van der Waals surface area contributed by atoms with Crippen LogP contribution in [0.2, 0.25) is 0 Å². The van der Waals surface area contributed by atoms with Crippen LogP contribution in [-0.4, -0.2) is 43.2 Å². The van der Waals surface area contributed by atoms with Crippen LogP contribution < -0.4 is 16.0 Å². The molecule has 6 aromatic rings. The second-order valence-electron chi connectivity index (χ2n) is 9.51. The first kappa shape index (κ1) is 24.3. The molecule has 0 bridgehead atoms. The van der Waals surface area contributed by atoms with Crippen molar-refractivity contribution >= 4 is 38.6 Å². The van der Waals surface area contributed by atoms with E-state index in [-0.39, 0.29) is 17.9 Å². The number of fused-ring (bicyclic) bond motifs is 4. The van der Waals surface area contributed by atoms with Crippen LogP contribution in [0.1, 0.15) is 23.0 Å². The molecule has 1 unspecified atom stereocenters. The van der Waals surface area contributed by atoms with E-state index in [2.05, 4.69) is 15.0 Å². The summed E-state index contributed by atoms with van der Waals surface area (Å²) in [4.78, 5) is 37.8. The lowest BCUT2D eigenvalue weighted by molar-refractivity contribution is 0.0997. The molecule has 1 atom stereocenters. The van der Waals surface area contributed by atoms with Gasteiger partial charge >= 0.3 is 0 Å². The van der Waals surface area contributed by atoms with Crippen LogP contribution in [0.4, 0.5) is 0 Å². The number of carbonyl (C=O) groups is 1. The van der Waals surface area contributed by atoms with Crippen molar-refractivity contribution in [3.63, 3.8) is 0 Å². The van der Waals surface area contributed by atoms with E-state index in [0.29, 0.717) is 27.9 Å². The van der Waals surface area contributed by atoms with Crippen molar-refractivity contribution in [1.82, 2.24) is 19.5 Å². The number of aliphatic hydroxyl groups excluding tert-OH is 1. The third-order valence-corrected chi connectivity index (χ3v) is 6.84. The van der Waals surface area contributed by atoms with E-state index in [1.807, 2.05) is 61.5 Å². The molecule has 0 aliphatic carbocycles. The first-order valence-corrected chi connectivity index (χ1v) is 12.5. The maximum atomic E-state index is 13.3. The van der Waals surface area contributed by atoms with Gasteiger partial charge in [0, 0.05) is 28.6 Å². The van der Waals surface area contributed by atoms with Gasteiger partial charge in [0.2, 0.25) is 0 Å². The highest BCUT2D eigenvalue weighted by Gasteiger charge is 2.20. The molecule has 0 fully saturated rings. The number of nitrogens with two attached hydrogens (primary N) is 1. The Morgan fingerprint density at radius 3 is 2.69 bits per heavy atom. The number of para-hydroxylation sites is 1. The highest BCUT2D eigenvalue weighted by atomic mass is 16.5. The van der Waals surface area contributed by atoms with Crippen LogP contribution in [0, 0.1) is 6.92 Å². The van der Waals surface area contributed by atoms with E-state index < -0.39 is 12.0 Å². The minimum atomic E-state index is -0.650. The molecule has 4 N–H and O–H groups in total. The number of benzene rings is 3. The number of primary amides is 1. The standard InChI is InChI=1S/C30H25N5O4/c1-16(36)14-39-18-10-11-20-24(12-18)34-27-26(20)22(13-32-28(27)29(31)37)19-7-5-9-25(17(19)2)35-15-33-23-8-4-3-6-21(23)30(35)38/h3-13,15-16,34,36H,14H2,1-2H3,(H2,31,37). The number of nitrogens with one attached hydrogen (secondary N) is 1. The maximum Gasteiger partial charge on any atom is 0.269 e. The van der Waals surface area contributed by atoms with Gasteiger partial charge in [-0.15, -0.1) is 0 Å². The highest BCUT2D eigenvalue weighted by molar-refractivity contribution is 6.19. The number of rotatable bonds is 6. The van der Waals surface area contributed by atoms with Gasteiger partial charge in [-0.05, 0) is 55.3 Å². The van der Waals surface area contributed by atoms with Crippen molar-refractivity contribution in [2.24, 2.45) is 5.73 Å². The molecule has 9 heteroatoms. The Morgan fingerprint density at radius 2 is 1.90 bits per heavy atom. The minimum absolute atomic E-state index is 0.125. The first-order chi connectivity index (χ1) is 18.8. The van der Waals surface area contributed by atoms with Crippen LogP contribution in [0.25, 0.3) is 49.5 Å². The number of ether oxygens (including phenoxy) is 1. The number of hydrogen-bond acceptors (Lipinski definition) is 6. The zero-order chi connectivity index (χ0) is 27.3. The van der Waals surface area contributed by atoms with Gasteiger partial charge in [0.25, 0.3) is 11.5 Å². The van der Waals surface area contributed by atoms with Gasteiger partial charge in [-0.3, -0.25) is 14.2 Å². The molecule has 9 nitrogen and oxygen atoms in total. The van der Waals surface area contributed by atoms with E-state index >= 15 is 0 Å². The third-order valence-electron chi connectivity index (χ3n) is 6.84. The highest BCUT2D eigenvalue weighted by Crippen LogP contribution is 2.38. The minimum Gasteiger partial charge on any atom is -0.491 e. The molecule has 0 saturated heterocycles. The molecule has 0 radical (unpaired) electrons. The topological polar surface area (TPSA) is 136 Å². The smallest absolute Gasteiger partial charge is 0.269 e. The fraction of sp³-hybridized carbons (Fsp3) is 0.133. The Labute approximate surface area is 222 Å². The SMILES string of the molecule is Cc1c(-c2cnc(C(N)=O)c3[nH]c4cc(OCC(C)O)ccc4c23)cccc1-n1cnc2ccccc2c1=O. The zero-order valence-electron chi connectivity index (χ0n) is 21.3. The number of aliphatic hydroxyl groups is 1. The first-order valence-electron chi connectivity index (χ1n) is 12.5. The molecule has 39 heavy (non-hydrogen) atoms. The molecule has 6 rings (SSSR count). The number of pyridine rings is 1. The normalized spacial score (nSPS) is 12.3. The average molecular weight is 520 g/mol. The largest absolute Gasteiger partial charge is 0.491 e. The second kappa shape index (κ2) is 9.38. The predicted molar refractivity (Wildman–Crippen MR) is 150 cm³/mol. The molecule has 194 valence electrons. The van der Waals surface area contributed by atoms with E-state index in [1.54, 1.807) is 30.1 Å². The van der Waals surface area contributed by atoms with Gasteiger partial charge in [0.1, 0.15) is 18.7 Å². The Hall–Kier alpha value is -5.02. The number of amides is 1. The number of aromatic nitrogens is 4. The van der Waals surface area contributed by atoms with Gasteiger partial charge in [-0.25, -0.2) is 9.97 Å². The molecule has 0 spiro atoms. The maximum absolute atomic E-state index is 13.3. The molecule has 1 amide bonds. The van der Waals surface area contributed by atoms with Crippen molar-refractivity contribution in [2.45, 2.75) is 20.0 Å². The molecule has 0 saturated carbocycles. The fourth-order valence-electron chi connectivity index (χ4n) is 5.01. The van der Waals surface area contributed by atoms with Crippen LogP contribution in [0.3, 0.4) is 0 Å².